The van der Waals surface area contributed by atoms with Crippen molar-refractivity contribution in [1.82, 2.24) is 10.3 Å². The molecule has 0 radical (unpaired) electrons. The van der Waals surface area contributed by atoms with Gasteiger partial charge in [-0.15, -0.1) is 0 Å². The molecule has 142 valence electrons. The number of nitrogens with zero attached hydrogens (tertiary/aromatic N) is 1. The molecule has 7 heteroatoms. The molecule has 1 atom stereocenters. The van der Waals surface area contributed by atoms with E-state index in [1.54, 1.807) is 12.3 Å². The van der Waals surface area contributed by atoms with E-state index in [1.807, 2.05) is 50.2 Å². The van der Waals surface area contributed by atoms with Gasteiger partial charge in [-0.2, -0.15) is 0 Å². The van der Waals surface area contributed by atoms with Crippen LogP contribution in [0.25, 0.3) is 10.9 Å². The fourth-order valence-corrected chi connectivity index (χ4v) is 4.21. The van der Waals surface area contributed by atoms with Gasteiger partial charge in [0.2, 0.25) is 0 Å². The summed E-state index contributed by atoms with van der Waals surface area (Å²) in [5.74, 6) is 0. The van der Waals surface area contributed by atoms with Crippen molar-refractivity contribution >= 4 is 68.3 Å². The van der Waals surface area contributed by atoms with Crippen LogP contribution >= 0.6 is 57.4 Å². The smallest absolute Gasteiger partial charge is 0.115 e. The van der Waals surface area contributed by atoms with Gasteiger partial charge >= 0.3 is 0 Å². The van der Waals surface area contributed by atoms with Crippen molar-refractivity contribution in [2.75, 3.05) is 0 Å². The van der Waals surface area contributed by atoms with Crippen molar-refractivity contribution in [2.24, 2.45) is 5.73 Å². The molecule has 0 bridgehead atoms. The number of nitrogens with one attached hydrogen (secondary N) is 1. The van der Waals surface area contributed by atoms with Crippen LogP contribution in [-0.4, -0.2) is 10.5 Å². The predicted molar refractivity (Wildman–Crippen MR) is 124 cm³/mol. The van der Waals surface area contributed by atoms with Crippen molar-refractivity contribution in [3.05, 3.63) is 74.9 Å². The van der Waals surface area contributed by atoms with Gasteiger partial charge in [-0.05, 0) is 49.2 Å². The molecule has 0 saturated carbocycles. The topological polar surface area (TPSA) is 50.9 Å². The number of pyridine rings is 1. The first-order valence-electron chi connectivity index (χ1n) is 8.34. The second kappa shape index (κ2) is 8.01. The number of hydrogen-bond donors (Lipinski definition) is 2. The summed E-state index contributed by atoms with van der Waals surface area (Å²) in [6.07, 6.45) is 1.78. The molecule has 0 aliphatic carbocycles. The lowest BCUT2D eigenvalue weighted by Gasteiger charge is -2.42. The molecule has 0 aliphatic rings. The molecule has 2 aromatic carbocycles. The molecule has 0 aliphatic heterocycles. The van der Waals surface area contributed by atoms with Gasteiger partial charge in [-0.25, -0.2) is 0 Å². The molecule has 0 fully saturated rings. The molecular formula is C20H19Cl3IN3. The number of alkyl halides is 1. The molecule has 1 aromatic heterocycles. The summed E-state index contributed by atoms with van der Waals surface area (Å²) < 4.78 is -0.592. The molecule has 27 heavy (non-hydrogen) atoms. The zero-order valence-electron chi connectivity index (χ0n) is 14.9. The Labute approximate surface area is 187 Å². The van der Waals surface area contributed by atoms with Crippen LogP contribution in [0.15, 0.2) is 48.7 Å². The normalized spacial score (nSPS) is 14.3. The van der Waals surface area contributed by atoms with Gasteiger partial charge in [0.25, 0.3) is 0 Å². The molecule has 1 heterocycles. The van der Waals surface area contributed by atoms with Gasteiger partial charge < -0.3 is 5.73 Å². The van der Waals surface area contributed by atoms with Crippen LogP contribution in [0.4, 0.5) is 0 Å². The third-order valence-corrected chi connectivity index (χ3v) is 7.96. The molecule has 0 spiro atoms. The second-order valence-electron chi connectivity index (χ2n) is 6.97. The van der Waals surface area contributed by atoms with Gasteiger partial charge in [0.05, 0.1) is 15.6 Å². The number of rotatable bonds is 5. The highest BCUT2D eigenvalue weighted by atomic mass is 127. The largest absolute Gasteiger partial charge is 0.323 e. The molecule has 3 nitrogen and oxygen atoms in total. The van der Waals surface area contributed by atoms with Gasteiger partial charge in [-0.3, -0.25) is 10.3 Å². The lowest BCUT2D eigenvalue weighted by atomic mass is 9.87. The monoisotopic (exact) mass is 533 g/mol. The Morgan fingerprint density at radius 2 is 1.85 bits per heavy atom. The number of halogens is 4. The molecule has 0 saturated heterocycles. The SMILES string of the molecule is CC(C)(N)C(I)(NCc1cccc(Cl)c1Cl)c1ccnc2cc(Cl)ccc12. The second-order valence-corrected chi connectivity index (χ2v) is 9.81. The van der Waals surface area contributed by atoms with Crippen LogP contribution in [0.1, 0.15) is 25.0 Å². The Morgan fingerprint density at radius 3 is 2.56 bits per heavy atom. The van der Waals surface area contributed by atoms with Crippen molar-refractivity contribution in [1.29, 1.82) is 0 Å². The van der Waals surface area contributed by atoms with Crippen LogP contribution in [0.2, 0.25) is 15.1 Å². The zero-order chi connectivity index (χ0) is 19.8. The first kappa shape index (κ1) is 21.1. The maximum Gasteiger partial charge on any atom is 0.115 e. The van der Waals surface area contributed by atoms with E-state index in [0.717, 1.165) is 22.0 Å². The minimum atomic E-state index is -0.592. The average molecular weight is 535 g/mol. The summed E-state index contributed by atoms with van der Waals surface area (Å²) in [4.78, 5) is 4.45. The van der Waals surface area contributed by atoms with Crippen molar-refractivity contribution < 1.29 is 0 Å². The van der Waals surface area contributed by atoms with Gasteiger partial charge in [-0.1, -0.05) is 75.6 Å². The Morgan fingerprint density at radius 1 is 1.11 bits per heavy atom. The van der Waals surface area contributed by atoms with E-state index in [9.17, 15) is 0 Å². The van der Waals surface area contributed by atoms with Crippen LogP contribution in [-0.2, 0) is 10.1 Å². The van der Waals surface area contributed by atoms with E-state index >= 15 is 0 Å². The Balaban J connectivity index is 2.08. The molecule has 3 aromatic rings. The van der Waals surface area contributed by atoms with Crippen molar-refractivity contribution in [3.8, 4) is 0 Å². The molecule has 1 unspecified atom stereocenters. The highest BCUT2D eigenvalue weighted by molar-refractivity contribution is 14.1. The first-order valence-corrected chi connectivity index (χ1v) is 10.6. The minimum absolute atomic E-state index is 0.514. The first-order chi connectivity index (χ1) is 12.6. The fourth-order valence-electron chi connectivity index (χ4n) is 2.99. The highest BCUT2D eigenvalue weighted by Gasteiger charge is 2.42. The van der Waals surface area contributed by atoms with Crippen LogP contribution < -0.4 is 11.1 Å². The lowest BCUT2D eigenvalue weighted by Crippen LogP contribution is -2.58. The third kappa shape index (κ3) is 4.21. The van der Waals surface area contributed by atoms with Gasteiger partial charge in [0.15, 0.2) is 0 Å². The third-order valence-electron chi connectivity index (χ3n) is 4.52. The molecule has 0 amide bonds. The Bertz CT molecular complexity index is 988. The van der Waals surface area contributed by atoms with Crippen LogP contribution in [0.3, 0.4) is 0 Å². The van der Waals surface area contributed by atoms with E-state index in [-0.39, 0.29) is 0 Å². The zero-order valence-corrected chi connectivity index (χ0v) is 19.3. The van der Waals surface area contributed by atoms with Gasteiger partial charge in [0.1, 0.15) is 3.55 Å². The molecule has 3 N–H and O–H groups in total. The average Bonchev–Trinajstić information content (AvgIpc) is 2.61. The quantitative estimate of drug-likeness (QED) is 0.229. The van der Waals surface area contributed by atoms with Gasteiger partial charge in [0, 0.05) is 28.7 Å². The number of fused-ring (bicyclic) bond motifs is 1. The number of benzene rings is 2. The summed E-state index contributed by atoms with van der Waals surface area (Å²) in [7, 11) is 0. The molecular weight excluding hydrogens is 516 g/mol. The maximum atomic E-state index is 6.62. The summed E-state index contributed by atoms with van der Waals surface area (Å²) in [5.41, 5.74) is 8.81. The Kier molecular flexibility index (Phi) is 6.26. The van der Waals surface area contributed by atoms with E-state index in [1.165, 1.54) is 0 Å². The summed E-state index contributed by atoms with van der Waals surface area (Å²) in [5, 5.41) is 6.33. The highest BCUT2D eigenvalue weighted by Crippen LogP contribution is 2.42. The number of hydrogen-bond acceptors (Lipinski definition) is 3. The standard InChI is InChI=1S/C20H19Cl3IN3/c1-19(2,25)20(24,27-11-12-4-3-5-16(22)18(12)23)15-8-9-26-17-10-13(21)6-7-14(15)17/h3-10,27H,11,25H2,1-2H3. The Hall–Kier alpha value is -0.630. The van der Waals surface area contributed by atoms with E-state index < -0.39 is 9.08 Å². The van der Waals surface area contributed by atoms with Crippen molar-refractivity contribution in [3.63, 3.8) is 0 Å². The van der Waals surface area contributed by atoms with Crippen LogP contribution in [0, 0.1) is 0 Å². The van der Waals surface area contributed by atoms with E-state index in [2.05, 4.69) is 32.9 Å². The van der Waals surface area contributed by atoms with E-state index in [4.69, 9.17) is 40.5 Å². The predicted octanol–water partition coefficient (Wildman–Crippen LogP) is 6.31. The number of nitrogens with two attached hydrogens (primary N) is 1. The summed E-state index contributed by atoms with van der Waals surface area (Å²) in [6, 6.07) is 13.3. The fraction of sp³-hybridized carbons (Fsp3) is 0.250. The summed E-state index contributed by atoms with van der Waals surface area (Å²) in [6.45, 7) is 4.50. The van der Waals surface area contributed by atoms with Crippen molar-refractivity contribution in [2.45, 2.75) is 29.5 Å². The maximum absolute atomic E-state index is 6.62. The van der Waals surface area contributed by atoms with Crippen LogP contribution in [0.5, 0.6) is 0 Å². The van der Waals surface area contributed by atoms with E-state index in [0.29, 0.717) is 21.6 Å². The molecule has 3 rings (SSSR count). The lowest BCUT2D eigenvalue weighted by molar-refractivity contribution is 0.329. The summed E-state index contributed by atoms with van der Waals surface area (Å²) >= 11 is 21.0. The minimum Gasteiger partial charge on any atom is -0.323 e. The number of aromatic nitrogens is 1.